The van der Waals surface area contributed by atoms with E-state index in [1.165, 1.54) is 4.88 Å². The van der Waals surface area contributed by atoms with Crippen molar-refractivity contribution >= 4 is 17.2 Å². The first kappa shape index (κ1) is 12.5. The van der Waals surface area contributed by atoms with E-state index in [0.717, 1.165) is 36.6 Å². The maximum absolute atomic E-state index is 11.3. The van der Waals surface area contributed by atoms with E-state index in [9.17, 15) is 4.79 Å². The topological polar surface area (TPSA) is 54.0 Å². The molecule has 5 heteroatoms. The molecule has 0 aromatic carbocycles. The molecule has 0 saturated heterocycles. The maximum Gasteiger partial charge on any atom is 0.223 e. The Labute approximate surface area is 106 Å². The molecule has 0 atom stereocenters. The first-order chi connectivity index (χ1) is 8.16. The van der Waals surface area contributed by atoms with E-state index < -0.39 is 0 Å². The molecule has 4 nitrogen and oxygen atoms in total. The summed E-state index contributed by atoms with van der Waals surface area (Å²) in [6.45, 7) is 6.43. The summed E-state index contributed by atoms with van der Waals surface area (Å²) in [5.74, 6) is 0.526. The Morgan fingerprint density at radius 1 is 1.41 bits per heavy atom. The number of hydrogen-bond donors (Lipinski definition) is 2. The summed E-state index contributed by atoms with van der Waals surface area (Å²) in [7, 11) is 0. The first-order valence-electron chi connectivity index (χ1n) is 6.08. The Bertz CT molecular complexity index is 398. The molecule has 1 aliphatic rings. The predicted molar refractivity (Wildman–Crippen MR) is 69.0 cm³/mol. The third-order valence-electron chi connectivity index (χ3n) is 2.83. The number of thiazole rings is 1. The van der Waals surface area contributed by atoms with Crippen molar-refractivity contribution in [2.24, 2.45) is 5.92 Å². The number of aromatic nitrogens is 1. The van der Waals surface area contributed by atoms with E-state index in [1.807, 2.05) is 13.8 Å². The molecule has 17 heavy (non-hydrogen) atoms. The van der Waals surface area contributed by atoms with Crippen LogP contribution in [0.2, 0.25) is 0 Å². The van der Waals surface area contributed by atoms with Crippen molar-refractivity contribution in [1.82, 2.24) is 15.6 Å². The average molecular weight is 253 g/mol. The summed E-state index contributed by atoms with van der Waals surface area (Å²) < 4.78 is 0. The van der Waals surface area contributed by atoms with E-state index in [4.69, 9.17) is 0 Å². The van der Waals surface area contributed by atoms with Gasteiger partial charge in [-0.1, -0.05) is 0 Å². The van der Waals surface area contributed by atoms with Crippen molar-refractivity contribution in [1.29, 1.82) is 0 Å². The van der Waals surface area contributed by atoms with Gasteiger partial charge >= 0.3 is 0 Å². The first-order valence-corrected chi connectivity index (χ1v) is 6.90. The van der Waals surface area contributed by atoms with Crippen molar-refractivity contribution in [3.05, 3.63) is 15.6 Å². The molecule has 1 amide bonds. The lowest BCUT2D eigenvalue weighted by atomic mass is 10.4. The van der Waals surface area contributed by atoms with Crippen LogP contribution >= 0.6 is 11.3 Å². The van der Waals surface area contributed by atoms with E-state index in [-0.39, 0.29) is 5.91 Å². The molecule has 0 unspecified atom stereocenters. The fourth-order valence-corrected chi connectivity index (χ4v) is 2.61. The standard InChI is InChI=1S/C12H19N3OS/c1-8-11(17-9(2)15-8)7-13-5-6-14-12(16)10-3-4-10/h10,13H,3-7H2,1-2H3,(H,14,16). The highest BCUT2D eigenvalue weighted by molar-refractivity contribution is 7.11. The number of amides is 1. The van der Waals surface area contributed by atoms with Gasteiger partial charge in [-0.25, -0.2) is 4.98 Å². The molecule has 0 aliphatic heterocycles. The number of aryl methyl sites for hydroxylation is 2. The van der Waals surface area contributed by atoms with Crippen LogP contribution < -0.4 is 10.6 Å². The van der Waals surface area contributed by atoms with Crippen LogP contribution in [-0.4, -0.2) is 24.0 Å². The lowest BCUT2D eigenvalue weighted by Crippen LogP contribution is -2.32. The SMILES string of the molecule is Cc1nc(C)c(CNCCNC(=O)C2CC2)s1. The minimum absolute atomic E-state index is 0.219. The van der Waals surface area contributed by atoms with E-state index in [0.29, 0.717) is 12.5 Å². The summed E-state index contributed by atoms with van der Waals surface area (Å²) in [4.78, 5) is 17.0. The molecule has 2 N–H and O–H groups in total. The number of hydrogen-bond acceptors (Lipinski definition) is 4. The molecule has 1 aromatic heterocycles. The molecule has 2 rings (SSSR count). The second kappa shape index (κ2) is 5.60. The van der Waals surface area contributed by atoms with Crippen molar-refractivity contribution < 1.29 is 4.79 Å². The Kier molecular flexibility index (Phi) is 4.12. The number of rotatable bonds is 6. The highest BCUT2D eigenvalue weighted by Crippen LogP contribution is 2.28. The monoisotopic (exact) mass is 253 g/mol. The molecule has 1 saturated carbocycles. The van der Waals surface area contributed by atoms with Gasteiger partial charge in [0.05, 0.1) is 10.7 Å². The summed E-state index contributed by atoms with van der Waals surface area (Å²) in [5, 5.41) is 7.38. The lowest BCUT2D eigenvalue weighted by molar-refractivity contribution is -0.122. The molecule has 1 aromatic rings. The molecule has 0 radical (unpaired) electrons. The summed E-state index contributed by atoms with van der Waals surface area (Å²) in [5.41, 5.74) is 1.11. The Hall–Kier alpha value is -0.940. The molecule has 0 spiro atoms. The van der Waals surface area contributed by atoms with E-state index in [1.54, 1.807) is 11.3 Å². The third-order valence-corrected chi connectivity index (χ3v) is 3.91. The molecule has 1 heterocycles. The van der Waals surface area contributed by atoms with Gasteiger partial charge in [0.1, 0.15) is 0 Å². The number of carbonyl (C=O) groups is 1. The zero-order valence-corrected chi connectivity index (χ0v) is 11.2. The second-order valence-corrected chi connectivity index (χ2v) is 5.77. The molecule has 1 fully saturated rings. The van der Waals surface area contributed by atoms with Crippen LogP contribution in [0.1, 0.15) is 28.4 Å². The molecular formula is C12H19N3OS. The fourth-order valence-electron chi connectivity index (χ4n) is 1.70. The number of carbonyl (C=O) groups excluding carboxylic acids is 1. The smallest absolute Gasteiger partial charge is 0.223 e. The van der Waals surface area contributed by atoms with Gasteiger partial charge in [-0.3, -0.25) is 4.79 Å². The van der Waals surface area contributed by atoms with Crippen molar-refractivity contribution in [2.45, 2.75) is 33.2 Å². The van der Waals surface area contributed by atoms with Gasteiger partial charge in [0.2, 0.25) is 5.91 Å². The average Bonchev–Trinajstić information content (AvgIpc) is 3.06. The fraction of sp³-hybridized carbons (Fsp3) is 0.667. The van der Waals surface area contributed by atoms with Crippen LogP contribution in [0.5, 0.6) is 0 Å². The summed E-state index contributed by atoms with van der Waals surface area (Å²) in [6.07, 6.45) is 2.14. The van der Waals surface area contributed by atoms with Crippen molar-refractivity contribution in [2.75, 3.05) is 13.1 Å². The third kappa shape index (κ3) is 3.78. The maximum atomic E-state index is 11.3. The molecule has 94 valence electrons. The van der Waals surface area contributed by atoms with Gasteiger partial charge in [-0.2, -0.15) is 0 Å². The normalized spacial score (nSPS) is 14.9. The highest BCUT2D eigenvalue weighted by atomic mass is 32.1. The zero-order valence-electron chi connectivity index (χ0n) is 10.4. The quantitative estimate of drug-likeness (QED) is 0.753. The van der Waals surface area contributed by atoms with Gasteiger partial charge in [0.15, 0.2) is 0 Å². The van der Waals surface area contributed by atoms with Crippen LogP contribution in [0.4, 0.5) is 0 Å². The van der Waals surface area contributed by atoms with Crippen LogP contribution in [0.3, 0.4) is 0 Å². The Morgan fingerprint density at radius 2 is 2.18 bits per heavy atom. The summed E-state index contributed by atoms with van der Waals surface area (Å²) in [6, 6.07) is 0. The highest BCUT2D eigenvalue weighted by Gasteiger charge is 2.28. The van der Waals surface area contributed by atoms with Crippen molar-refractivity contribution in [3.8, 4) is 0 Å². The largest absolute Gasteiger partial charge is 0.355 e. The second-order valence-electron chi connectivity index (χ2n) is 4.48. The van der Waals surface area contributed by atoms with E-state index >= 15 is 0 Å². The van der Waals surface area contributed by atoms with Gasteiger partial charge < -0.3 is 10.6 Å². The molecule has 1 aliphatic carbocycles. The minimum Gasteiger partial charge on any atom is -0.355 e. The summed E-state index contributed by atoms with van der Waals surface area (Å²) >= 11 is 1.73. The number of nitrogens with one attached hydrogen (secondary N) is 2. The van der Waals surface area contributed by atoms with Gasteiger partial charge in [-0.15, -0.1) is 11.3 Å². The van der Waals surface area contributed by atoms with Crippen LogP contribution in [0, 0.1) is 19.8 Å². The molecular weight excluding hydrogens is 234 g/mol. The van der Waals surface area contributed by atoms with Crippen LogP contribution in [-0.2, 0) is 11.3 Å². The molecule has 0 bridgehead atoms. The van der Waals surface area contributed by atoms with Crippen molar-refractivity contribution in [3.63, 3.8) is 0 Å². The van der Waals surface area contributed by atoms with Gasteiger partial charge in [0.25, 0.3) is 0 Å². The van der Waals surface area contributed by atoms with Gasteiger partial charge in [-0.05, 0) is 26.7 Å². The Balaban J connectivity index is 1.59. The zero-order chi connectivity index (χ0) is 12.3. The van der Waals surface area contributed by atoms with Crippen LogP contribution in [0.25, 0.3) is 0 Å². The van der Waals surface area contributed by atoms with Crippen LogP contribution in [0.15, 0.2) is 0 Å². The van der Waals surface area contributed by atoms with E-state index in [2.05, 4.69) is 15.6 Å². The Morgan fingerprint density at radius 3 is 2.76 bits per heavy atom. The number of nitrogens with zero attached hydrogens (tertiary/aromatic N) is 1. The van der Waals surface area contributed by atoms with Gasteiger partial charge in [0, 0.05) is 30.4 Å². The minimum atomic E-state index is 0.219. The predicted octanol–water partition coefficient (Wildman–Crippen LogP) is 1.38. The lowest BCUT2D eigenvalue weighted by Gasteiger charge is -2.05.